The number of ether oxygens (including phenoxy) is 1. The number of aromatic nitrogens is 1. The van der Waals surface area contributed by atoms with Gasteiger partial charge in [-0.2, -0.15) is 0 Å². The van der Waals surface area contributed by atoms with Crippen LogP contribution in [0.15, 0.2) is 60.9 Å². The lowest BCUT2D eigenvalue weighted by atomic mass is 10.2. The largest absolute Gasteiger partial charge is 0.495 e. The second kappa shape index (κ2) is 7.89. The number of benzene rings is 2. The third-order valence-electron chi connectivity index (χ3n) is 3.83. The normalized spacial score (nSPS) is 10.3. The van der Waals surface area contributed by atoms with Crippen LogP contribution in [-0.2, 0) is 0 Å². The van der Waals surface area contributed by atoms with E-state index < -0.39 is 0 Å². The zero-order valence-corrected chi connectivity index (χ0v) is 15.2. The number of nitrogens with one attached hydrogen (secondary N) is 2. The number of carbonyl (C=O) groups is 1. The highest BCUT2D eigenvalue weighted by atomic mass is 35.5. The van der Waals surface area contributed by atoms with Gasteiger partial charge < -0.3 is 15.4 Å². The molecule has 0 spiro atoms. The molecule has 2 N–H and O–H groups in total. The second-order valence-corrected chi connectivity index (χ2v) is 6.14. The van der Waals surface area contributed by atoms with Gasteiger partial charge in [0.2, 0.25) is 0 Å². The molecule has 0 radical (unpaired) electrons. The Balaban J connectivity index is 1.81. The fourth-order valence-corrected chi connectivity index (χ4v) is 2.65. The molecule has 0 aliphatic rings. The highest BCUT2D eigenvalue weighted by Gasteiger charge is 2.10. The maximum absolute atomic E-state index is 12.5. The lowest BCUT2D eigenvalue weighted by molar-refractivity contribution is 0.102. The van der Waals surface area contributed by atoms with Crippen LogP contribution in [0.3, 0.4) is 0 Å². The van der Waals surface area contributed by atoms with Gasteiger partial charge in [0.25, 0.3) is 5.91 Å². The van der Waals surface area contributed by atoms with Gasteiger partial charge in [0.15, 0.2) is 0 Å². The van der Waals surface area contributed by atoms with Gasteiger partial charge in [0.1, 0.15) is 5.75 Å². The first kappa shape index (κ1) is 17.8. The molecule has 0 saturated carbocycles. The smallest absolute Gasteiger partial charge is 0.257 e. The van der Waals surface area contributed by atoms with Gasteiger partial charge in [-0.05, 0) is 42.8 Å². The Labute approximate surface area is 157 Å². The van der Waals surface area contributed by atoms with Crippen LogP contribution in [-0.4, -0.2) is 18.0 Å². The fourth-order valence-electron chi connectivity index (χ4n) is 2.47. The molecule has 0 aliphatic carbocycles. The van der Waals surface area contributed by atoms with E-state index in [4.69, 9.17) is 16.3 Å². The highest BCUT2D eigenvalue weighted by Crippen LogP contribution is 2.30. The van der Waals surface area contributed by atoms with Crippen molar-refractivity contribution in [2.24, 2.45) is 0 Å². The number of amides is 1. The van der Waals surface area contributed by atoms with Crippen molar-refractivity contribution in [3.8, 4) is 5.75 Å². The summed E-state index contributed by atoms with van der Waals surface area (Å²) in [4.78, 5) is 16.7. The van der Waals surface area contributed by atoms with E-state index in [0.29, 0.717) is 27.7 Å². The molecule has 5 nitrogen and oxygen atoms in total. The number of halogens is 1. The molecule has 0 aliphatic heterocycles. The molecule has 0 atom stereocenters. The molecular formula is C20H18ClN3O2. The Morgan fingerprint density at radius 1 is 1.08 bits per heavy atom. The molecule has 0 unspecified atom stereocenters. The minimum Gasteiger partial charge on any atom is -0.495 e. The summed E-state index contributed by atoms with van der Waals surface area (Å²) >= 11 is 6.05. The highest BCUT2D eigenvalue weighted by molar-refractivity contribution is 6.31. The predicted octanol–water partition coefficient (Wildman–Crippen LogP) is 5.05. The molecule has 6 heteroatoms. The minimum absolute atomic E-state index is 0.228. The number of methoxy groups -OCH3 is 1. The van der Waals surface area contributed by atoms with Gasteiger partial charge in [0, 0.05) is 16.9 Å². The maximum atomic E-state index is 12.5. The van der Waals surface area contributed by atoms with Crippen molar-refractivity contribution in [1.29, 1.82) is 0 Å². The number of anilines is 3. The molecular weight excluding hydrogens is 350 g/mol. The monoisotopic (exact) mass is 367 g/mol. The molecule has 132 valence electrons. The van der Waals surface area contributed by atoms with Crippen molar-refractivity contribution in [3.63, 3.8) is 0 Å². The summed E-state index contributed by atoms with van der Waals surface area (Å²) in [5, 5.41) is 6.66. The number of nitrogens with zero attached hydrogens (tertiary/aromatic N) is 1. The Morgan fingerprint density at radius 2 is 1.88 bits per heavy atom. The van der Waals surface area contributed by atoms with Crippen LogP contribution in [0.1, 0.15) is 15.9 Å². The van der Waals surface area contributed by atoms with Crippen molar-refractivity contribution in [3.05, 3.63) is 77.1 Å². The number of rotatable bonds is 5. The lowest BCUT2D eigenvalue weighted by Gasteiger charge is -2.12. The molecule has 0 fully saturated rings. The maximum Gasteiger partial charge on any atom is 0.257 e. The minimum atomic E-state index is -0.228. The first-order valence-electron chi connectivity index (χ1n) is 7.99. The van der Waals surface area contributed by atoms with Gasteiger partial charge in [-0.3, -0.25) is 9.78 Å². The zero-order chi connectivity index (χ0) is 18.5. The first-order valence-corrected chi connectivity index (χ1v) is 8.37. The zero-order valence-electron chi connectivity index (χ0n) is 14.4. The summed E-state index contributed by atoms with van der Waals surface area (Å²) in [6.07, 6.45) is 3.15. The van der Waals surface area contributed by atoms with E-state index >= 15 is 0 Å². The fraction of sp³-hybridized carbons (Fsp3) is 0.100. The molecule has 0 saturated heterocycles. The number of carbonyl (C=O) groups excluding carboxylic acids is 1. The molecule has 1 heterocycles. The molecule has 1 amide bonds. The quantitative estimate of drug-likeness (QED) is 0.662. The van der Waals surface area contributed by atoms with Crippen LogP contribution in [0.5, 0.6) is 5.75 Å². The average Bonchev–Trinajstić information content (AvgIpc) is 2.64. The summed E-state index contributed by atoms with van der Waals surface area (Å²) in [7, 11) is 1.58. The van der Waals surface area contributed by atoms with Crippen molar-refractivity contribution < 1.29 is 9.53 Å². The Hall–Kier alpha value is -3.05. The summed E-state index contributed by atoms with van der Waals surface area (Å²) in [5.41, 5.74) is 3.56. The summed E-state index contributed by atoms with van der Waals surface area (Å²) in [6, 6.07) is 14.6. The SMILES string of the molecule is COc1ccc(Cl)cc1Nc1cncc(C(=O)Nc2ccccc2C)c1. The van der Waals surface area contributed by atoms with Crippen molar-refractivity contribution in [2.75, 3.05) is 17.7 Å². The van der Waals surface area contributed by atoms with E-state index in [9.17, 15) is 4.79 Å². The van der Waals surface area contributed by atoms with Crippen molar-refractivity contribution in [2.45, 2.75) is 6.92 Å². The molecule has 1 aromatic heterocycles. The second-order valence-electron chi connectivity index (χ2n) is 5.70. The molecule has 0 bridgehead atoms. The van der Waals surface area contributed by atoms with Gasteiger partial charge in [0.05, 0.1) is 30.2 Å². The van der Waals surface area contributed by atoms with E-state index in [-0.39, 0.29) is 5.91 Å². The predicted molar refractivity (Wildman–Crippen MR) is 105 cm³/mol. The van der Waals surface area contributed by atoms with Crippen molar-refractivity contribution in [1.82, 2.24) is 4.98 Å². The third-order valence-corrected chi connectivity index (χ3v) is 4.07. The van der Waals surface area contributed by atoms with Crippen LogP contribution >= 0.6 is 11.6 Å². The number of hydrogen-bond acceptors (Lipinski definition) is 4. The Bertz CT molecular complexity index is 944. The Kier molecular flexibility index (Phi) is 5.39. The number of para-hydroxylation sites is 1. The van der Waals surface area contributed by atoms with E-state index in [2.05, 4.69) is 15.6 Å². The van der Waals surface area contributed by atoms with E-state index in [0.717, 1.165) is 11.3 Å². The van der Waals surface area contributed by atoms with E-state index in [1.54, 1.807) is 37.6 Å². The van der Waals surface area contributed by atoms with Gasteiger partial charge in [-0.15, -0.1) is 0 Å². The molecule has 2 aromatic carbocycles. The average molecular weight is 368 g/mol. The topological polar surface area (TPSA) is 63.2 Å². The first-order chi connectivity index (χ1) is 12.6. The van der Waals surface area contributed by atoms with E-state index in [1.165, 1.54) is 6.20 Å². The summed E-state index contributed by atoms with van der Waals surface area (Å²) in [6.45, 7) is 1.94. The summed E-state index contributed by atoms with van der Waals surface area (Å²) < 4.78 is 5.32. The number of hydrogen-bond donors (Lipinski definition) is 2. The molecule has 26 heavy (non-hydrogen) atoms. The number of pyridine rings is 1. The third kappa shape index (κ3) is 4.13. The lowest BCUT2D eigenvalue weighted by Crippen LogP contribution is -2.13. The Morgan fingerprint density at radius 3 is 2.65 bits per heavy atom. The molecule has 3 aromatic rings. The van der Waals surface area contributed by atoms with Crippen LogP contribution < -0.4 is 15.4 Å². The molecule has 3 rings (SSSR count). The summed E-state index contributed by atoms with van der Waals surface area (Å²) in [5.74, 6) is 0.415. The van der Waals surface area contributed by atoms with Gasteiger partial charge in [-0.1, -0.05) is 29.8 Å². The van der Waals surface area contributed by atoms with Crippen LogP contribution in [0.25, 0.3) is 0 Å². The van der Waals surface area contributed by atoms with Crippen LogP contribution in [0.4, 0.5) is 17.1 Å². The van der Waals surface area contributed by atoms with Crippen LogP contribution in [0.2, 0.25) is 5.02 Å². The van der Waals surface area contributed by atoms with Gasteiger partial charge >= 0.3 is 0 Å². The number of aryl methyl sites for hydroxylation is 1. The van der Waals surface area contributed by atoms with E-state index in [1.807, 2.05) is 31.2 Å². The standard InChI is InChI=1S/C20H18ClN3O2/c1-13-5-3-4-6-17(13)24-20(25)14-9-16(12-22-11-14)23-18-10-15(21)7-8-19(18)26-2/h3-12,23H,1-2H3,(H,24,25). The van der Waals surface area contributed by atoms with Crippen molar-refractivity contribution >= 4 is 34.6 Å². The van der Waals surface area contributed by atoms with Gasteiger partial charge in [-0.25, -0.2) is 0 Å². The van der Waals surface area contributed by atoms with Crippen LogP contribution in [0, 0.1) is 6.92 Å².